The predicted molar refractivity (Wildman–Crippen MR) is 127 cm³/mol. The molecule has 1 aromatic carbocycles. The topological polar surface area (TPSA) is 79.3 Å². The van der Waals surface area contributed by atoms with E-state index < -0.39 is 0 Å². The Hall–Kier alpha value is -3.83. The SMILES string of the molecule is [C-]#[N+]c1nc(-c2ccc3cc(OC)nnc3c2)c(-c2cnn(CCC(C)(C)OC)c2)cc1C. The van der Waals surface area contributed by atoms with Gasteiger partial charge in [0.25, 0.3) is 5.82 Å². The molecule has 8 heteroatoms. The van der Waals surface area contributed by atoms with Gasteiger partial charge < -0.3 is 14.3 Å². The van der Waals surface area contributed by atoms with Crippen LogP contribution < -0.4 is 4.74 Å². The van der Waals surface area contributed by atoms with Crippen molar-refractivity contribution >= 4 is 16.7 Å². The van der Waals surface area contributed by atoms with Gasteiger partial charge in [0.15, 0.2) is 5.69 Å². The molecule has 0 radical (unpaired) electrons. The maximum absolute atomic E-state index is 7.53. The number of rotatable bonds is 7. The molecule has 3 aromatic heterocycles. The Morgan fingerprint density at radius 3 is 2.64 bits per heavy atom. The van der Waals surface area contributed by atoms with Crippen LogP contribution in [-0.4, -0.2) is 44.8 Å². The summed E-state index contributed by atoms with van der Waals surface area (Å²) < 4.78 is 12.6. The van der Waals surface area contributed by atoms with Gasteiger partial charge in [-0.25, -0.2) is 0 Å². The molecule has 0 atom stereocenters. The molecule has 4 rings (SSSR count). The standard InChI is InChI=1S/C25H26N6O2/c1-16-11-20(19-14-27-31(15-19)10-9-25(2,3)33-6)23(28-24(16)26-4)18-8-7-17-13-22(32-5)30-29-21(17)12-18/h7-8,11-15H,9-10H2,1-3,5-6H3. The molecular weight excluding hydrogens is 416 g/mol. The van der Waals surface area contributed by atoms with Gasteiger partial charge in [0.1, 0.15) is 0 Å². The van der Waals surface area contributed by atoms with E-state index in [9.17, 15) is 0 Å². The summed E-state index contributed by atoms with van der Waals surface area (Å²) in [6.07, 6.45) is 4.68. The van der Waals surface area contributed by atoms with Gasteiger partial charge in [-0.1, -0.05) is 18.7 Å². The minimum Gasteiger partial charge on any atom is -0.480 e. The molecular formula is C25H26N6O2. The predicted octanol–water partition coefficient (Wildman–Crippen LogP) is 5.24. The Bertz CT molecular complexity index is 1350. The first kappa shape index (κ1) is 22.4. The first-order valence-corrected chi connectivity index (χ1v) is 10.6. The van der Waals surface area contributed by atoms with Crippen LogP contribution in [0.3, 0.4) is 0 Å². The molecule has 0 unspecified atom stereocenters. The van der Waals surface area contributed by atoms with E-state index >= 15 is 0 Å². The van der Waals surface area contributed by atoms with Crippen LogP contribution in [0, 0.1) is 13.5 Å². The summed E-state index contributed by atoms with van der Waals surface area (Å²) in [5.41, 5.74) is 4.75. The lowest BCUT2D eigenvalue weighted by atomic mass is 9.99. The molecule has 0 amide bonds. The van der Waals surface area contributed by atoms with E-state index in [0.717, 1.165) is 46.1 Å². The van der Waals surface area contributed by atoms with Crippen LogP contribution in [0.25, 0.3) is 38.1 Å². The van der Waals surface area contributed by atoms with Crippen LogP contribution in [-0.2, 0) is 11.3 Å². The van der Waals surface area contributed by atoms with Crippen LogP contribution in [0.5, 0.6) is 5.88 Å². The second-order valence-electron chi connectivity index (χ2n) is 8.50. The number of pyridine rings is 1. The van der Waals surface area contributed by atoms with Crippen LogP contribution in [0.15, 0.2) is 42.7 Å². The zero-order valence-corrected chi connectivity index (χ0v) is 19.5. The van der Waals surface area contributed by atoms with Crippen LogP contribution in [0.4, 0.5) is 5.82 Å². The monoisotopic (exact) mass is 442 g/mol. The molecule has 0 aliphatic heterocycles. The van der Waals surface area contributed by atoms with Gasteiger partial charge in [0.2, 0.25) is 5.88 Å². The van der Waals surface area contributed by atoms with E-state index in [2.05, 4.69) is 34.0 Å². The lowest BCUT2D eigenvalue weighted by Crippen LogP contribution is -2.24. The molecule has 4 aromatic rings. The number of ether oxygens (including phenoxy) is 2. The van der Waals surface area contributed by atoms with Crippen molar-refractivity contribution < 1.29 is 9.47 Å². The van der Waals surface area contributed by atoms with Crippen molar-refractivity contribution in [3.8, 4) is 28.3 Å². The van der Waals surface area contributed by atoms with Gasteiger partial charge in [-0.2, -0.15) is 5.10 Å². The fourth-order valence-corrected chi connectivity index (χ4v) is 3.53. The maximum atomic E-state index is 7.53. The number of fused-ring (bicyclic) bond motifs is 1. The molecule has 3 heterocycles. The average Bonchev–Trinajstić information content (AvgIpc) is 3.31. The second-order valence-corrected chi connectivity index (χ2v) is 8.50. The Labute approximate surface area is 193 Å². The number of hydrogen-bond donors (Lipinski definition) is 0. The summed E-state index contributed by atoms with van der Waals surface area (Å²) in [5.74, 6) is 0.840. The number of benzene rings is 1. The highest BCUT2D eigenvalue weighted by atomic mass is 16.5. The Kier molecular flexibility index (Phi) is 6.07. The first-order valence-electron chi connectivity index (χ1n) is 10.6. The van der Waals surface area contributed by atoms with Crippen LogP contribution in [0.1, 0.15) is 25.8 Å². The van der Waals surface area contributed by atoms with Crippen molar-refractivity contribution in [2.75, 3.05) is 14.2 Å². The Morgan fingerprint density at radius 1 is 1.09 bits per heavy atom. The van der Waals surface area contributed by atoms with Crippen molar-refractivity contribution in [2.24, 2.45) is 0 Å². The highest BCUT2D eigenvalue weighted by Gasteiger charge is 2.20. The van der Waals surface area contributed by atoms with Crippen LogP contribution in [0.2, 0.25) is 0 Å². The van der Waals surface area contributed by atoms with Gasteiger partial charge in [-0.3, -0.25) is 4.68 Å². The lowest BCUT2D eigenvalue weighted by molar-refractivity contribution is 0.0113. The molecule has 8 nitrogen and oxygen atoms in total. The number of aryl methyl sites for hydroxylation is 2. The van der Waals surface area contributed by atoms with E-state index in [1.54, 1.807) is 14.2 Å². The third-order valence-corrected chi connectivity index (χ3v) is 5.78. The molecule has 168 valence electrons. The van der Waals surface area contributed by atoms with Gasteiger partial charge in [0.05, 0.1) is 24.4 Å². The molecule has 0 saturated carbocycles. The van der Waals surface area contributed by atoms with Gasteiger partial charge >= 0.3 is 0 Å². The zero-order valence-electron chi connectivity index (χ0n) is 19.5. The molecule has 0 fully saturated rings. The summed E-state index contributed by atoms with van der Waals surface area (Å²) in [6.45, 7) is 14.3. The Balaban J connectivity index is 1.77. The normalized spacial score (nSPS) is 11.5. The highest BCUT2D eigenvalue weighted by Crippen LogP contribution is 2.35. The number of aromatic nitrogens is 5. The van der Waals surface area contributed by atoms with Gasteiger partial charge in [-0.15, -0.1) is 15.2 Å². The van der Waals surface area contributed by atoms with E-state index in [1.165, 1.54) is 0 Å². The third kappa shape index (κ3) is 4.69. The van der Waals surface area contributed by atoms with E-state index in [0.29, 0.717) is 17.4 Å². The van der Waals surface area contributed by atoms with E-state index in [4.69, 9.17) is 21.0 Å². The molecule has 0 spiro atoms. The summed E-state index contributed by atoms with van der Waals surface area (Å²) in [4.78, 5) is 8.31. The molecule has 0 aliphatic rings. The fraction of sp³-hybridized carbons (Fsp3) is 0.320. The van der Waals surface area contributed by atoms with Crippen LogP contribution >= 0.6 is 0 Å². The zero-order chi connectivity index (χ0) is 23.6. The van der Waals surface area contributed by atoms with Gasteiger partial charge in [0, 0.05) is 48.0 Å². The summed E-state index contributed by atoms with van der Waals surface area (Å²) in [6, 6.07) is 9.71. The maximum Gasteiger partial charge on any atom is 0.273 e. The molecule has 0 saturated heterocycles. The van der Waals surface area contributed by atoms with Crippen molar-refractivity contribution in [1.29, 1.82) is 0 Å². The van der Waals surface area contributed by atoms with Crippen molar-refractivity contribution in [3.63, 3.8) is 0 Å². The number of nitrogens with zero attached hydrogens (tertiary/aromatic N) is 6. The first-order chi connectivity index (χ1) is 15.8. The average molecular weight is 443 g/mol. The fourth-order valence-electron chi connectivity index (χ4n) is 3.53. The summed E-state index contributed by atoms with van der Waals surface area (Å²) in [5, 5.41) is 13.8. The van der Waals surface area contributed by atoms with Crippen molar-refractivity contribution in [1.82, 2.24) is 25.0 Å². The smallest absolute Gasteiger partial charge is 0.273 e. The minimum atomic E-state index is -0.221. The lowest BCUT2D eigenvalue weighted by Gasteiger charge is -2.22. The summed E-state index contributed by atoms with van der Waals surface area (Å²) in [7, 11) is 3.28. The number of hydrogen-bond acceptors (Lipinski definition) is 6. The number of methoxy groups -OCH3 is 2. The summed E-state index contributed by atoms with van der Waals surface area (Å²) >= 11 is 0. The van der Waals surface area contributed by atoms with Gasteiger partial charge in [-0.05, 0) is 44.9 Å². The van der Waals surface area contributed by atoms with Crippen molar-refractivity contribution in [2.45, 2.75) is 39.3 Å². The highest BCUT2D eigenvalue weighted by molar-refractivity contribution is 5.88. The molecule has 0 bridgehead atoms. The second kappa shape index (κ2) is 8.96. The van der Waals surface area contributed by atoms with E-state index in [-0.39, 0.29) is 5.60 Å². The van der Waals surface area contributed by atoms with Crippen molar-refractivity contribution in [3.05, 3.63) is 59.7 Å². The third-order valence-electron chi connectivity index (χ3n) is 5.78. The minimum absolute atomic E-state index is 0.221. The molecule has 33 heavy (non-hydrogen) atoms. The van der Waals surface area contributed by atoms with E-state index in [1.807, 2.05) is 54.3 Å². The molecule has 0 N–H and O–H groups in total. The largest absolute Gasteiger partial charge is 0.480 e. The Morgan fingerprint density at radius 2 is 1.91 bits per heavy atom. The quantitative estimate of drug-likeness (QED) is 0.364. The molecule has 0 aliphatic carbocycles.